The number of hydrogen-bond donors (Lipinski definition) is 2. The van der Waals surface area contributed by atoms with E-state index in [4.69, 9.17) is 0 Å². The molecule has 2 N–H and O–H groups in total. The van der Waals surface area contributed by atoms with Gasteiger partial charge < -0.3 is 10.4 Å². The molecular weight excluding hydrogens is 202 g/mol. The largest absolute Gasteiger partial charge is 0.390 e. The molecule has 4 nitrogen and oxygen atoms in total. The van der Waals surface area contributed by atoms with E-state index in [9.17, 15) is 5.11 Å². The summed E-state index contributed by atoms with van der Waals surface area (Å²) in [5.41, 5.74) is 0. The molecule has 1 aromatic rings. The maximum atomic E-state index is 9.82. The van der Waals surface area contributed by atoms with Gasteiger partial charge in [0, 0.05) is 25.0 Å². The van der Waals surface area contributed by atoms with Gasteiger partial charge >= 0.3 is 0 Å². The lowest BCUT2D eigenvalue weighted by Crippen LogP contribution is -2.41. The summed E-state index contributed by atoms with van der Waals surface area (Å²) >= 11 is 0. The standard InChI is InChI=1S/C12H21N3O/c1-10(11-4-2-5-11)13-8-12(16)9-15-7-3-6-14-15/h3,6-7,10-13,16H,2,4-5,8-9H2,1H3. The van der Waals surface area contributed by atoms with Gasteiger partial charge in [-0.25, -0.2) is 0 Å². The average molecular weight is 223 g/mol. The van der Waals surface area contributed by atoms with Gasteiger partial charge in [0.1, 0.15) is 0 Å². The van der Waals surface area contributed by atoms with Crippen molar-refractivity contribution < 1.29 is 5.11 Å². The summed E-state index contributed by atoms with van der Waals surface area (Å²) in [6.07, 6.45) is 7.29. The third kappa shape index (κ3) is 3.06. The van der Waals surface area contributed by atoms with Crippen molar-refractivity contribution in [1.29, 1.82) is 0 Å². The second-order valence-electron chi connectivity index (χ2n) is 4.77. The minimum Gasteiger partial charge on any atom is -0.390 e. The number of aromatic nitrogens is 2. The Kier molecular flexibility index (Phi) is 3.96. The van der Waals surface area contributed by atoms with E-state index < -0.39 is 0 Å². The first-order valence-electron chi connectivity index (χ1n) is 6.14. The predicted molar refractivity (Wildman–Crippen MR) is 63.0 cm³/mol. The number of aliphatic hydroxyl groups excluding tert-OH is 1. The lowest BCUT2D eigenvalue weighted by atomic mass is 9.80. The van der Waals surface area contributed by atoms with Gasteiger partial charge in [0.05, 0.1) is 12.6 Å². The van der Waals surface area contributed by atoms with Crippen molar-refractivity contribution in [1.82, 2.24) is 15.1 Å². The summed E-state index contributed by atoms with van der Waals surface area (Å²) in [6.45, 7) is 3.43. The fourth-order valence-electron chi connectivity index (χ4n) is 2.12. The number of aliphatic hydroxyl groups is 1. The third-order valence-corrected chi connectivity index (χ3v) is 3.49. The fourth-order valence-corrected chi connectivity index (χ4v) is 2.12. The number of nitrogens with one attached hydrogen (secondary N) is 1. The molecular formula is C12H21N3O. The molecule has 1 aliphatic rings. The van der Waals surface area contributed by atoms with Crippen LogP contribution in [-0.4, -0.2) is 33.6 Å². The lowest BCUT2D eigenvalue weighted by molar-refractivity contribution is 0.133. The Bertz CT molecular complexity index is 295. The van der Waals surface area contributed by atoms with Crippen LogP contribution in [0.25, 0.3) is 0 Å². The van der Waals surface area contributed by atoms with Crippen LogP contribution in [0.2, 0.25) is 0 Å². The summed E-state index contributed by atoms with van der Waals surface area (Å²) < 4.78 is 1.76. The van der Waals surface area contributed by atoms with Crippen LogP contribution >= 0.6 is 0 Å². The Labute approximate surface area is 96.7 Å². The summed E-state index contributed by atoms with van der Waals surface area (Å²) in [5, 5.41) is 17.3. The van der Waals surface area contributed by atoms with Crippen LogP contribution in [0, 0.1) is 5.92 Å². The van der Waals surface area contributed by atoms with Crippen LogP contribution in [0.1, 0.15) is 26.2 Å². The zero-order valence-corrected chi connectivity index (χ0v) is 9.84. The van der Waals surface area contributed by atoms with Gasteiger partial charge in [0.15, 0.2) is 0 Å². The number of rotatable bonds is 6. The molecule has 0 radical (unpaired) electrons. The summed E-state index contributed by atoms with van der Waals surface area (Å²) in [5.74, 6) is 0.817. The van der Waals surface area contributed by atoms with Gasteiger partial charge in [-0.05, 0) is 31.7 Å². The molecule has 0 aliphatic heterocycles. The van der Waals surface area contributed by atoms with E-state index in [2.05, 4.69) is 17.3 Å². The molecule has 1 heterocycles. The molecule has 1 fully saturated rings. The van der Waals surface area contributed by atoms with Crippen LogP contribution in [0.5, 0.6) is 0 Å². The van der Waals surface area contributed by atoms with Gasteiger partial charge in [0.2, 0.25) is 0 Å². The monoisotopic (exact) mass is 223 g/mol. The SMILES string of the molecule is CC(NCC(O)Cn1cccn1)C1CCC1. The fraction of sp³-hybridized carbons (Fsp3) is 0.750. The molecule has 2 atom stereocenters. The Morgan fingerprint density at radius 3 is 2.94 bits per heavy atom. The molecule has 0 aromatic carbocycles. The zero-order chi connectivity index (χ0) is 11.4. The molecule has 2 unspecified atom stereocenters. The zero-order valence-electron chi connectivity index (χ0n) is 9.84. The molecule has 0 saturated heterocycles. The van der Waals surface area contributed by atoms with E-state index >= 15 is 0 Å². The second-order valence-corrected chi connectivity index (χ2v) is 4.77. The van der Waals surface area contributed by atoms with Crippen LogP contribution in [0.15, 0.2) is 18.5 Å². The summed E-state index contributed by atoms with van der Waals surface area (Å²) in [6, 6.07) is 2.40. The van der Waals surface area contributed by atoms with Crippen molar-refractivity contribution in [2.24, 2.45) is 5.92 Å². The maximum Gasteiger partial charge on any atom is 0.0860 e. The third-order valence-electron chi connectivity index (χ3n) is 3.49. The quantitative estimate of drug-likeness (QED) is 0.757. The van der Waals surface area contributed by atoms with Gasteiger partial charge in [-0.3, -0.25) is 4.68 Å². The molecule has 0 spiro atoms. The normalized spacial score (nSPS) is 20.4. The Morgan fingerprint density at radius 1 is 1.56 bits per heavy atom. The second kappa shape index (κ2) is 5.46. The van der Waals surface area contributed by atoms with Gasteiger partial charge in [-0.2, -0.15) is 5.10 Å². The lowest BCUT2D eigenvalue weighted by Gasteiger charge is -2.32. The highest BCUT2D eigenvalue weighted by Gasteiger charge is 2.23. The maximum absolute atomic E-state index is 9.82. The Morgan fingerprint density at radius 2 is 2.38 bits per heavy atom. The van der Waals surface area contributed by atoms with Crippen molar-refractivity contribution >= 4 is 0 Å². The molecule has 1 saturated carbocycles. The highest BCUT2D eigenvalue weighted by atomic mass is 16.3. The Hall–Kier alpha value is -0.870. The minimum absolute atomic E-state index is 0.359. The Balaban J connectivity index is 1.65. The molecule has 2 rings (SSSR count). The number of hydrogen-bond acceptors (Lipinski definition) is 3. The van der Waals surface area contributed by atoms with Crippen molar-refractivity contribution in [2.75, 3.05) is 6.54 Å². The van der Waals surface area contributed by atoms with Crippen molar-refractivity contribution in [3.63, 3.8) is 0 Å². The van der Waals surface area contributed by atoms with E-state index in [0.717, 1.165) is 5.92 Å². The molecule has 1 aliphatic carbocycles. The highest BCUT2D eigenvalue weighted by molar-refractivity contribution is 4.81. The molecule has 16 heavy (non-hydrogen) atoms. The van der Waals surface area contributed by atoms with E-state index in [1.165, 1.54) is 19.3 Å². The smallest absolute Gasteiger partial charge is 0.0860 e. The number of nitrogens with zero attached hydrogens (tertiary/aromatic N) is 2. The summed E-state index contributed by atoms with van der Waals surface area (Å²) in [7, 11) is 0. The van der Waals surface area contributed by atoms with Crippen LogP contribution in [-0.2, 0) is 6.54 Å². The molecule has 4 heteroatoms. The van der Waals surface area contributed by atoms with Gasteiger partial charge in [-0.15, -0.1) is 0 Å². The van der Waals surface area contributed by atoms with E-state index in [0.29, 0.717) is 19.1 Å². The first kappa shape index (κ1) is 11.6. The van der Waals surface area contributed by atoms with E-state index in [-0.39, 0.29) is 6.10 Å². The van der Waals surface area contributed by atoms with Crippen molar-refractivity contribution in [2.45, 2.75) is 44.9 Å². The molecule has 90 valence electrons. The molecule has 1 aromatic heterocycles. The van der Waals surface area contributed by atoms with Crippen LogP contribution in [0.3, 0.4) is 0 Å². The van der Waals surface area contributed by atoms with Crippen molar-refractivity contribution in [3.05, 3.63) is 18.5 Å². The van der Waals surface area contributed by atoms with Gasteiger partial charge in [-0.1, -0.05) is 6.42 Å². The molecule has 0 amide bonds. The summed E-state index contributed by atoms with van der Waals surface area (Å²) in [4.78, 5) is 0. The topological polar surface area (TPSA) is 50.1 Å². The van der Waals surface area contributed by atoms with Crippen molar-refractivity contribution in [3.8, 4) is 0 Å². The first-order valence-corrected chi connectivity index (χ1v) is 6.14. The minimum atomic E-state index is -0.359. The van der Waals surface area contributed by atoms with Crippen LogP contribution in [0.4, 0.5) is 0 Å². The van der Waals surface area contributed by atoms with E-state index in [1.54, 1.807) is 10.9 Å². The molecule has 0 bridgehead atoms. The average Bonchev–Trinajstić information content (AvgIpc) is 2.64. The van der Waals surface area contributed by atoms with Crippen LogP contribution < -0.4 is 5.32 Å². The van der Waals surface area contributed by atoms with E-state index in [1.807, 2.05) is 12.3 Å². The first-order chi connectivity index (χ1) is 7.75. The van der Waals surface area contributed by atoms with Gasteiger partial charge in [0.25, 0.3) is 0 Å². The predicted octanol–water partition coefficient (Wildman–Crippen LogP) is 1.02. The highest BCUT2D eigenvalue weighted by Crippen LogP contribution is 2.29.